The van der Waals surface area contributed by atoms with Gasteiger partial charge in [-0.3, -0.25) is 0 Å². The van der Waals surface area contributed by atoms with E-state index in [1.165, 1.54) is 12.4 Å². The van der Waals surface area contributed by atoms with E-state index < -0.39 is 0 Å². The highest BCUT2D eigenvalue weighted by Gasteiger charge is 2.14. The van der Waals surface area contributed by atoms with E-state index in [1.54, 1.807) is 0 Å². The third-order valence-corrected chi connectivity index (χ3v) is 5.58. The fourth-order valence-electron chi connectivity index (χ4n) is 4.00. The molecule has 0 saturated carbocycles. The molecule has 0 fully saturated rings. The molecular formula is C24H23FN4O2. The lowest BCUT2D eigenvalue weighted by molar-refractivity contribution is 0.171. The van der Waals surface area contributed by atoms with Crippen LogP contribution in [0.4, 0.5) is 10.2 Å². The van der Waals surface area contributed by atoms with Crippen LogP contribution in [0.25, 0.3) is 22.2 Å². The first-order chi connectivity index (χ1) is 15.1. The SMILES string of the molecule is Cc1ccc(F)c2c1cc(C)n2CCNc1cc(-c2ccc3c(c2)OCCO3)ncn1. The first kappa shape index (κ1) is 19.4. The molecule has 0 spiro atoms. The number of ether oxygens (including phenoxy) is 2. The molecule has 1 aliphatic rings. The average Bonchev–Trinajstić information content (AvgIpc) is 3.13. The van der Waals surface area contributed by atoms with Crippen LogP contribution in [0.2, 0.25) is 0 Å². The third kappa shape index (κ3) is 3.67. The van der Waals surface area contributed by atoms with Crippen LogP contribution >= 0.6 is 0 Å². The van der Waals surface area contributed by atoms with Crippen molar-refractivity contribution in [1.82, 2.24) is 14.5 Å². The van der Waals surface area contributed by atoms with Crippen molar-refractivity contribution in [1.29, 1.82) is 0 Å². The minimum absolute atomic E-state index is 0.198. The van der Waals surface area contributed by atoms with E-state index in [2.05, 4.69) is 15.3 Å². The highest BCUT2D eigenvalue weighted by molar-refractivity contribution is 5.85. The summed E-state index contributed by atoms with van der Waals surface area (Å²) in [5.74, 6) is 1.99. The number of fused-ring (bicyclic) bond motifs is 2. The van der Waals surface area contributed by atoms with Crippen LogP contribution in [0.3, 0.4) is 0 Å². The molecule has 0 saturated heterocycles. The van der Waals surface area contributed by atoms with Crippen LogP contribution in [-0.4, -0.2) is 34.3 Å². The Labute approximate surface area is 179 Å². The summed E-state index contributed by atoms with van der Waals surface area (Å²) in [6.45, 7) is 6.34. The molecular weight excluding hydrogens is 395 g/mol. The molecule has 0 aliphatic carbocycles. The van der Waals surface area contributed by atoms with Crippen molar-refractivity contribution in [2.24, 2.45) is 0 Å². The van der Waals surface area contributed by atoms with Gasteiger partial charge in [0.25, 0.3) is 0 Å². The predicted octanol–water partition coefficient (Wildman–Crippen LogP) is 4.74. The van der Waals surface area contributed by atoms with E-state index >= 15 is 0 Å². The van der Waals surface area contributed by atoms with Gasteiger partial charge in [0.15, 0.2) is 11.5 Å². The van der Waals surface area contributed by atoms with Crippen LogP contribution in [0, 0.1) is 19.7 Å². The van der Waals surface area contributed by atoms with Gasteiger partial charge in [0, 0.05) is 35.8 Å². The van der Waals surface area contributed by atoms with E-state index in [9.17, 15) is 4.39 Å². The van der Waals surface area contributed by atoms with Gasteiger partial charge in [-0.2, -0.15) is 0 Å². The summed E-state index contributed by atoms with van der Waals surface area (Å²) in [5.41, 5.74) is 4.48. The zero-order chi connectivity index (χ0) is 21.4. The number of rotatable bonds is 5. The molecule has 5 rings (SSSR count). The summed E-state index contributed by atoms with van der Waals surface area (Å²) < 4.78 is 27.7. The summed E-state index contributed by atoms with van der Waals surface area (Å²) >= 11 is 0. The number of anilines is 1. The number of hydrogen-bond acceptors (Lipinski definition) is 5. The highest BCUT2D eigenvalue weighted by atomic mass is 19.1. The predicted molar refractivity (Wildman–Crippen MR) is 118 cm³/mol. The quantitative estimate of drug-likeness (QED) is 0.507. The average molecular weight is 418 g/mol. The minimum atomic E-state index is -0.198. The first-order valence-electron chi connectivity index (χ1n) is 10.3. The number of aryl methyl sites for hydroxylation is 2. The molecule has 4 aromatic rings. The molecule has 3 heterocycles. The second kappa shape index (κ2) is 7.91. The molecule has 7 heteroatoms. The number of aromatic nitrogens is 3. The summed E-state index contributed by atoms with van der Waals surface area (Å²) in [4.78, 5) is 8.72. The summed E-state index contributed by atoms with van der Waals surface area (Å²) in [7, 11) is 0. The Hall–Kier alpha value is -3.61. The van der Waals surface area contributed by atoms with E-state index in [1.807, 2.05) is 54.8 Å². The molecule has 31 heavy (non-hydrogen) atoms. The van der Waals surface area contributed by atoms with Crippen molar-refractivity contribution in [2.75, 3.05) is 25.1 Å². The standard InChI is InChI=1S/C24H23FN4O2/c1-15-3-5-19(25)24-18(15)11-16(2)29(24)8-7-26-23-13-20(27-14-28-23)17-4-6-21-22(12-17)31-10-9-30-21/h3-6,11-14H,7-10H2,1-2H3,(H,26,27,28). The molecule has 1 N–H and O–H groups in total. The van der Waals surface area contributed by atoms with Crippen molar-refractivity contribution in [2.45, 2.75) is 20.4 Å². The van der Waals surface area contributed by atoms with Crippen LogP contribution in [0.15, 0.2) is 48.8 Å². The third-order valence-electron chi connectivity index (χ3n) is 5.58. The Kier molecular flexibility index (Phi) is 4.94. The summed E-state index contributed by atoms with van der Waals surface area (Å²) in [5, 5.41) is 4.29. The number of nitrogens with one attached hydrogen (secondary N) is 1. The van der Waals surface area contributed by atoms with Gasteiger partial charge >= 0.3 is 0 Å². The van der Waals surface area contributed by atoms with Crippen LogP contribution in [0.5, 0.6) is 11.5 Å². The second-order valence-electron chi connectivity index (χ2n) is 7.64. The maximum absolute atomic E-state index is 14.5. The maximum Gasteiger partial charge on any atom is 0.162 e. The highest BCUT2D eigenvalue weighted by Crippen LogP contribution is 2.34. The zero-order valence-electron chi connectivity index (χ0n) is 17.5. The van der Waals surface area contributed by atoms with Gasteiger partial charge in [0.05, 0.1) is 11.2 Å². The number of halogens is 1. The molecule has 0 atom stereocenters. The molecule has 2 aromatic carbocycles. The molecule has 0 unspecified atom stereocenters. The van der Waals surface area contributed by atoms with Crippen LogP contribution in [0.1, 0.15) is 11.3 Å². The van der Waals surface area contributed by atoms with Gasteiger partial charge in [-0.1, -0.05) is 6.07 Å². The Balaban J connectivity index is 1.33. The molecule has 6 nitrogen and oxygen atoms in total. The normalized spacial score (nSPS) is 12.9. The fraction of sp³-hybridized carbons (Fsp3) is 0.250. The summed E-state index contributed by atoms with van der Waals surface area (Å²) in [6, 6.07) is 13.1. The Morgan fingerprint density at radius 1 is 1.00 bits per heavy atom. The molecule has 0 radical (unpaired) electrons. The zero-order valence-corrected chi connectivity index (χ0v) is 17.5. The van der Waals surface area contributed by atoms with Crippen molar-refractivity contribution < 1.29 is 13.9 Å². The number of benzene rings is 2. The molecule has 0 bridgehead atoms. The van der Waals surface area contributed by atoms with Crippen molar-refractivity contribution in [3.8, 4) is 22.8 Å². The monoisotopic (exact) mass is 418 g/mol. The van der Waals surface area contributed by atoms with E-state index in [0.717, 1.165) is 39.4 Å². The van der Waals surface area contributed by atoms with Crippen molar-refractivity contribution in [3.63, 3.8) is 0 Å². The van der Waals surface area contributed by atoms with Crippen molar-refractivity contribution in [3.05, 3.63) is 65.9 Å². The van der Waals surface area contributed by atoms with E-state index in [-0.39, 0.29) is 5.82 Å². The van der Waals surface area contributed by atoms with Gasteiger partial charge < -0.3 is 19.4 Å². The molecule has 2 aromatic heterocycles. The van der Waals surface area contributed by atoms with Crippen molar-refractivity contribution >= 4 is 16.7 Å². The van der Waals surface area contributed by atoms with Gasteiger partial charge in [-0.15, -0.1) is 0 Å². The van der Waals surface area contributed by atoms with Crippen LogP contribution in [-0.2, 0) is 6.54 Å². The largest absolute Gasteiger partial charge is 0.486 e. The van der Waals surface area contributed by atoms with Gasteiger partial charge in [-0.05, 0) is 49.7 Å². The van der Waals surface area contributed by atoms with Crippen LogP contribution < -0.4 is 14.8 Å². The van der Waals surface area contributed by atoms with E-state index in [0.29, 0.717) is 37.6 Å². The maximum atomic E-state index is 14.5. The fourth-order valence-corrected chi connectivity index (χ4v) is 4.00. The number of hydrogen-bond donors (Lipinski definition) is 1. The van der Waals surface area contributed by atoms with E-state index in [4.69, 9.17) is 9.47 Å². The number of nitrogens with zero attached hydrogens (tertiary/aromatic N) is 3. The molecule has 0 amide bonds. The smallest absolute Gasteiger partial charge is 0.162 e. The minimum Gasteiger partial charge on any atom is -0.486 e. The molecule has 1 aliphatic heterocycles. The lowest BCUT2D eigenvalue weighted by atomic mass is 10.1. The Bertz CT molecular complexity index is 1270. The Morgan fingerprint density at radius 2 is 1.84 bits per heavy atom. The molecule has 158 valence electrons. The van der Waals surface area contributed by atoms with Gasteiger partial charge in [-0.25, -0.2) is 14.4 Å². The lowest BCUT2D eigenvalue weighted by Crippen LogP contribution is -2.15. The second-order valence-corrected chi connectivity index (χ2v) is 7.64. The summed E-state index contributed by atoms with van der Waals surface area (Å²) in [6.07, 6.45) is 1.54. The lowest BCUT2D eigenvalue weighted by Gasteiger charge is -2.18. The van der Waals surface area contributed by atoms with Gasteiger partial charge in [0.1, 0.15) is 31.2 Å². The first-order valence-corrected chi connectivity index (χ1v) is 10.3. The van der Waals surface area contributed by atoms with Gasteiger partial charge in [0.2, 0.25) is 0 Å². The Morgan fingerprint density at radius 3 is 2.71 bits per heavy atom. The topological polar surface area (TPSA) is 61.2 Å².